The molecule has 1 atom stereocenters. The lowest BCUT2D eigenvalue weighted by atomic mass is 10.2. The first-order valence-corrected chi connectivity index (χ1v) is 7.42. The van der Waals surface area contributed by atoms with Crippen molar-refractivity contribution >= 4 is 21.8 Å². The summed E-state index contributed by atoms with van der Waals surface area (Å²) in [4.78, 5) is 11.8. The van der Waals surface area contributed by atoms with Gasteiger partial charge in [-0.3, -0.25) is 4.79 Å². The van der Waals surface area contributed by atoms with Crippen LogP contribution in [0.3, 0.4) is 0 Å². The third-order valence-electron chi connectivity index (χ3n) is 2.70. The van der Waals surface area contributed by atoms with Gasteiger partial charge < -0.3 is 15.4 Å². The van der Waals surface area contributed by atoms with Crippen LogP contribution in [0.25, 0.3) is 0 Å². The summed E-state index contributed by atoms with van der Waals surface area (Å²) in [6, 6.07) is 5.84. The Balaban J connectivity index is 2.79. The van der Waals surface area contributed by atoms with Crippen molar-refractivity contribution in [2.24, 2.45) is 0 Å². The minimum Gasteiger partial charge on any atom is -0.479 e. The number of amides is 1. The van der Waals surface area contributed by atoms with E-state index >= 15 is 0 Å². The molecule has 0 spiro atoms. The largest absolute Gasteiger partial charge is 0.479 e. The molecule has 0 fully saturated rings. The van der Waals surface area contributed by atoms with Gasteiger partial charge in [0.25, 0.3) is 5.91 Å². The second kappa shape index (κ2) is 8.76. The molecule has 4 nitrogen and oxygen atoms in total. The molecule has 1 amide bonds. The minimum absolute atomic E-state index is 0.157. The molecular formula is C15H21BrN2O2. The summed E-state index contributed by atoms with van der Waals surface area (Å²) in [6.45, 7) is 9.36. The van der Waals surface area contributed by atoms with Crippen molar-refractivity contribution in [2.75, 3.05) is 13.1 Å². The number of hydrogen-bond donors (Lipinski definition) is 2. The number of para-hydroxylation sites is 1. The first-order chi connectivity index (χ1) is 9.60. The smallest absolute Gasteiger partial charge is 0.261 e. The normalized spacial score (nSPS) is 11.8. The van der Waals surface area contributed by atoms with Gasteiger partial charge in [-0.05, 0) is 35.5 Å². The summed E-state index contributed by atoms with van der Waals surface area (Å²) in [7, 11) is 0. The molecule has 0 radical (unpaired) electrons. The fourth-order valence-electron chi connectivity index (χ4n) is 1.63. The van der Waals surface area contributed by atoms with E-state index in [0.717, 1.165) is 16.6 Å². The second-order valence-corrected chi connectivity index (χ2v) is 5.16. The van der Waals surface area contributed by atoms with Crippen molar-refractivity contribution in [1.82, 2.24) is 10.6 Å². The van der Waals surface area contributed by atoms with Gasteiger partial charge in [0.05, 0.1) is 4.47 Å². The summed E-state index contributed by atoms with van der Waals surface area (Å²) in [5, 5.41) is 5.98. The van der Waals surface area contributed by atoms with Crippen LogP contribution in [0.1, 0.15) is 19.4 Å². The van der Waals surface area contributed by atoms with Crippen molar-refractivity contribution in [3.63, 3.8) is 0 Å². The number of benzene rings is 1. The highest BCUT2D eigenvalue weighted by molar-refractivity contribution is 9.10. The Morgan fingerprint density at radius 2 is 2.30 bits per heavy atom. The van der Waals surface area contributed by atoms with Gasteiger partial charge in [0, 0.05) is 18.7 Å². The van der Waals surface area contributed by atoms with Crippen LogP contribution in [-0.2, 0) is 11.3 Å². The third kappa shape index (κ3) is 4.98. The number of carbonyl (C=O) groups excluding carboxylic acids is 1. The Hall–Kier alpha value is -1.33. The maximum absolute atomic E-state index is 11.8. The molecule has 1 aromatic carbocycles. The van der Waals surface area contributed by atoms with E-state index in [-0.39, 0.29) is 5.91 Å². The molecule has 0 aliphatic heterocycles. The predicted molar refractivity (Wildman–Crippen MR) is 84.8 cm³/mol. The van der Waals surface area contributed by atoms with Crippen molar-refractivity contribution in [1.29, 1.82) is 0 Å². The highest BCUT2D eigenvalue weighted by Crippen LogP contribution is 2.30. The average Bonchev–Trinajstić information content (AvgIpc) is 2.45. The minimum atomic E-state index is -0.561. The zero-order valence-corrected chi connectivity index (χ0v) is 13.5. The van der Waals surface area contributed by atoms with Crippen molar-refractivity contribution < 1.29 is 9.53 Å². The topological polar surface area (TPSA) is 50.4 Å². The van der Waals surface area contributed by atoms with Gasteiger partial charge in [-0.2, -0.15) is 0 Å². The van der Waals surface area contributed by atoms with Crippen LogP contribution in [0.4, 0.5) is 0 Å². The van der Waals surface area contributed by atoms with Crippen LogP contribution in [0.15, 0.2) is 35.3 Å². The molecule has 1 aromatic rings. The monoisotopic (exact) mass is 340 g/mol. The molecular weight excluding hydrogens is 320 g/mol. The number of carbonyl (C=O) groups is 1. The first kappa shape index (κ1) is 16.7. The zero-order valence-electron chi connectivity index (χ0n) is 11.9. The second-order valence-electron chi connectivity index (χ2n) is 4.30. The van der Waals surface area contributed by atoms with Crippen LogP contribution < -0.4 is 15.4 Å². The molecule has 1 unspecified atom stereocenters. The fourth-order valence-corrected chi connectivity index (χ4v) is 2.13. The predicted octanol–water partition coefficient (Wildman–Crippen LogP) is 2.63. The molecule has 0 heterocycles. The Morgan fingerprint density at radius 3 is 2.95 bits per heavy atom. The molecule has 1 rings (SSSR count). The molecule has 2 N–H and O–H groups in total. The Morgan fingerprint density at radius 1 is 1.55 bits per heavy atom. The Bertz CT molecular complexity index is 463. The van der Waals surface area contributed by atoms with Gasteiger partial charge in [0.15, 0.2) is 6.10 Å². The summed E-state index contributed by atoms with van der Waals surface area (Å²) >= 11 is 3.47. The van der Waals surface area contributed by atoms with Crippen LogP contribution in [0, 0.1) is 0 Å². The summed E-state index contributed by atoms with van der Waals surface area (Å²) in [5.74, 6) is 0.546. The van der Waals surface area contributed by atoms with Gasteiger partial charge in [0.2, 0.25) is 0 Å². The van der Waals surface area contributed by atoms with E-state index in [2.05, 4.69) is 33.1 Å². The average molecular weight is 341 g/mol. The number of hydrogen-bond acceptors (Lipinski definition) is 3. The van der Waals surface area contributed by atoms with E-state index in [4.69, 9.17) is 4.74 Å². The molecule has 110 valence electrons. The van der Waals surface area contributed by atoms with Crippen molar-refractivity contribution in [2.45, 2.75) is 26.5 Å². The number of halogens is 1. The van der Waals surface area contributed by atoms with Crippen LogP contribution in [0.2, 0.25) is 0 Å². The molecule has 0 aliphatic rings. The number of ether oxygens (including phenoxy) is 1. The van der Waals surface area contributed by atoms with Crippen LogP contribution in [0.5, 0.6) is 5.75 Å². The zero-order chi connectivity index (χ0) is 15.0. The molecule has 0 bridgehead atoms. The van der Waals surface area contributed by atoms with E-state index in [1.54, 1.807) is 13.0 Å². The van der Waals surface area contributed by atoms with Gasteiger partial charge >= 0.3 is 0 Å². The van der Waals surface area contributed by atoms with Crippen molar-refractivity contribution in [3.05, 3.63) is 40.9 Å². The Kier molecular flexibility index (Phi) is 7.33. The highest BCUT2D eigenvalue weighted by atomic mass is 79.9. The lowest BCUT2D eigenvalue weighted by Crippen LogP contribution is -2.36. The standard InChI is InChI=1S/C15H21BrN2O2/c1-4-9-18-15(19)11(3)20-14-12(10-17-5-2)7-6-8-13(14)16/h4,6-8,11,17H,1,5,9-10H2,2-3H3,(H,18,19). The molecule has 0 aliphatic carbocycles. The third-order valence-corrected chi connectivity index (χ3v) is 3.32. The van der Waals surface area contributed by atoms with E-state index in [1.165, 1.54) is 0 Å². The fraction of sp³-hybridized carbons (Fsp3) is 0.400. The SMILES string of the molecule is C=CCNC(=O)C(C)Oc1c(Br)cccc1CNCC. The molecule has 0 saturated heterocycles. The Labute approximate surface area is 128 Å². The van der Waals surface area contributed by atoms with E-state index < -0.39 is 6.10 Å². The molecule has 0 aromatic heterocycles. The van der Waals surface area contributed by atoms with Crippen LogP contribution in [-0.4, -0.2) is 25.1 Å². The van der Waals surface area contributed by atoms with Gasteiger partial charge in [0.1, 0.15) is 5.75 Å². The lowest BCUT2D eigenvalue weighted by Gasteiger charge is -2.18. The number of rotatable bonds is 8. The van der Waals surface area contributed by atoms with E-state index in [0.29, 0.717) is 18.8 Å². The van der Waals surface area contributed by atoms with Gasteiger partial charge in [-0.25, -0.2) is 0 Å². The summed E-state index contributed by atoms with van der Waals surface area (Å²) in [5.41, 5.74) is 1.02. The van der Waals surface area contributed by atoms with E-state index in [9.17, 15) is 4.79 Å². The number of nitrogens with one attached hydrogen (secondary N) is 2. The summed E-state index contributed by atoms with van der Waals surface area (Å²) < 4.78 is 6.64. The summed E-state index contributed by atoms with van der Waals surface area (Å²) in [6.07, 6.45) is 1.08. The lowest BCUT2D eigenvalue weighted by molar-refractivity contribution is -0.127. The maximum atomic E-state index is 11.8. The quantitative estimate of drug-likeness (QED) is 0.715. The van der Waals surface area contributed by atoms with Gasteiger partial charge in [-0.1, -0.05) is 25.1 Å². The highest BCUT2D eigenvalue weighted by Gasteiger charge is 2.17. The van der Waals surface area contributed by atoms with Crippen molar-refractivity contribution in [3.8, 4) is 5.75 Å². The molecule has 5 heteroatoms. The van der Waals surface area contributed by atoms with Gasteiger partial charge in [-0.15, -0.1) is 6.58 Å². The van der Waals surface area contributed by atoms with E-state index in [1.807, 2.05) is 25.1 Å². The maximum Gasteiger partial charge on any atom is 0.261 e. The first-order valence-electron chi connectivity index (χ1n) is 6.63. The molecule has 20 heavy (non-hydrogen) atoms. The van der Waals surface area contributed by atoms with Crippen LogP contribution >= 0.6 is 15.9 Å². The molecule has 0 saturated carbocycles.